The topological polar surface area (TPSA) is 124 Å². The summed E-state index contributed by atoms with van der Waals surface area (Å²) in [6.07, 6.45) is 0.312. The summed E-state index contributed by atoms with van der Waals surface area (Å²) in [5.74, 6) is 1.01. The van der Waals surface area contributed by atoms with Crippen LogP contribution < -0.4 is 25.3 Å². The van der Waals surface area contributed by atoms with Gasteiger partial charge in [0.05, 0.1) is 38.1 Å². The Hall–Kier alpha value is -3.22. The maximum absolute atomic E-state index is 10.4. The summed E-state index contributed by atoms with van der Waals surface area (Å²) in [6.45, 7) is 5.15. The van der Waals surface area contributed by atoms with Gasteiger partial charge in [-0.05, 0) is 17.9 Å². The van der Waals surface area contributed by atoms with Crippen LogP contribution in [0.5, 0.6) is 11.8 Å². The Morgan fingerprint density at radius 1 is 1.14 bits per heavy atom. The number of rotatable bonds is 6. The summed E-state index contributed by atoms with van der Waals surface area (Å²) in [5.41, 5.74) is 2.84. The lowest BCUT2D eigenvalue weighted by molar-refractivity contribution is -0.275. The Kier molecular flexibility index (Phi) is 6.94. The van der Waals surface area contributed by atoms with Crippen molar-refractivity contribution < 1.29 is 24.7 Å². The second-order valence-electron chi connectivity index (χ2n) is 9.54. The largest absolute Gasteiger partial charge is 0.508 e. The Morgan fingerprint density at radius 3 is 2.92 bits per heavy atom. The molecule has 0 bridgehead atoms. The predicted molar refractivity (Wildman–Crippen MR) is 138 cm³/mol. The molecular weight excluding hydrogens is 476 g/mol. The van der Waals surface area contributed by atoms with Crippen molar-refractivity contribution in [1.29, 1.82) is 0 Å². The van der Waals surface area contributed by atoms with Crippen molar-refractivity contribution >= 4 is 22.3 Å². The molecule has 37 heavy (non-hydrogen) atoms. The van der Waals surface area contributed by atoms with Crippen LogP contribution in [0, 0.1) is 0 Å². The van der Waals surface area contributed by atoms with Crippen molar-refractivity contribution in [3.05, 3.63) is 47.7 Å². The second kappa shape index (κ2) is 10.6. The van der Waals surface area contributed by atoms with Crippen molar-refractivity contribution in [2.24, 2.45) is 0 Å². The molecule has 2 unspecified atom stereocenters. The van der Waals surface area contributed by atoms with E-state index in [0.29, 0.717) is 39.4 Å². The first-order valence-corrected chi connectivity index (χ1v) is 12.8. The van der Waals surface area contributed by atoms with Crippen LogP contribution in [0.3, 0.4) is 0 Å². The molecule has 0 radical (unpaired) electrons. The first-order valence-electron chi connectivity index (χ1n) is 12.8. The van der Waals surface area contributed by atoms with Gasteiger partial charge >= 0.3 is 6.01 Å². The van der Waals surface area contributed by atoms with E-state index in [1.54, 1.807) is 6.07 Å². The number of fused-ring (bicyclic) bond motifs is 2. The van der Waals surface area contributed by atoms with E-state index in [9.17, 15) is 10.2 Å². The molecule has 2 atom stereocenters. The normalized spacial score (nSPS) is 22.2. The van der Waals surface area contributed by atoms with E-state index < -0.39 is 6.23 Å². The van der Waals surface area contributed by atoms with Gasteiger partial charge in [-0.3, -0.25) is 10.2 Å². The Morgan fingerprint density at radius 2 is 2.05 bits per heavy atom. The minimum absolute atomic E-state index is 0.0171. The second-order valence-corrected chi connectivity index (χ2v) is 9.54. The predicted octanol–water partition coefficient (Wildman–Crippen LogP) is 0.925. The van der Waals surface area contributed by atoms with Crippen LogP contribution >= 0.6 is 0 Å². The quantitative estimate of drug-likeness (QED) is 0.281. The standard InChI is InChI=1S/C26H32N6O5/c33-15-18-13-27-6-9-32(18)25-21-5-8-31(23-12-19(34)11-17-3-1-2-4-20(17)23)14-22(21)29-26(30-25)37-36-24-16-35-10-7-28-24/h1-4,11-12,18,24,27-28,33-34H,5-10,13-16H2. The zero-order valence-electron chi connectivity index (χ0n) is 20.6. The SMILES string of the molecule is OCC1CNCCN1c1nc(OOC2COCCN2)nc2c1CCN(c1cc(O)cc3ccccc13)C2. The Labute approximate surface area is 214 Å². The molecule has 3 aromatic rings. The molecule has 2 fully saturated rings. The van der Waals surface area contributed by atoms with E-state index >= 15 is 0 Å². The number of phenols is 1. The van der Waals surface area contributed by atoms with Crippen LogP contribution in [0.1, 0.15) is 11.3 Å². The van der Waals surface area contributed by atoms with Gasteiger partial charge in [0.2, 0.25) is 0 Å². The van der Waals surface area contributed by atoms with E-state index in [4.69, 9.17) is 24.5 Å². The summed E-state index contributed by atoms with van der Waals surface area (Å²) in [4.78, 5) is 25.0. The van der Waals surface area contributed by atoms with Gasteiger partial charge < -0.3 is 30.1 Å². The van der Waals surface area contributed by atoms with E-state index in [1.807, 2.05) is 24.3 Å². The number of aliphatic hydroxyl groups is 1. The lowest BCUT2D eigenvalue weighted by Gasteiger charge is -2.39. The zero-order chi connectivity index (χ0) is 25.2. The molecule has 4 heterocycles. The van der Waals surface area contributed by atoms with Gasteiger partial charge in [0.15, 0.2) is 6.23 Å². The van der Waals surface area contributed by atoms with Gasteiger partial charge in [0.1, 0.15) is 11.6 Å². The number of hydrogen-bond acceptors (Lipinski definition) is 11. The third-order valence-electron chi connectivity index (χ3n) is 7.15. The number of aromatic hydroxyl groups is 1. The van der Waals surface area contributed by atoms with Gasteiger partial charge in [-0.15, -0.1) is 0 Å². The summed E-state index contributed by atoms with van der Waals surface area (Å²) in [7, 11) is 0. The maximum Gasteiger partial charge on any atom is 0.355 e. The molecule has 0 aliphatic carbocycles. The van der Waals surface area contributed by atoms with Crippen LogP contribution in [0.2, 0.25) is 0 Å². The number of morpholine rings is 1. The molecule has 3 aliphatic heterocycles. The van der Waals surface area contributed by atoms with Crippen LogP contribution in [0.25, 0.3) is 10.8 Å². The van der Waals surface area contributed by atoms with Crippen LogP contribution in [-0.4, -0.2) is 85.0 Å². The summed E-state index contributed by atoms with van der Waals surface area (Å²) in [6, 6.07) is 11.7. The van der Waals surface area contributed by atoms with E-state index in [1.165, 1.54) is 0 Å². The number of ether oxygens (including phenoxy) is 1. The third kappa shape index (κ3) is 5.00. The fourth-order valence-corrected chi connectivity index (χ4v) is 5.31. The maximum atomic E-state index is 10.4. The molecule has 0 spiro atoms. The van der Waals surface area contributed by atoms with Crippen molar-refractivity contribution in [3.8, 4) is 11.8 Å². The number of anilines is 2. The number of aromatic nitrogens is 2. The summed E-state index contributed by atoms with van der Waals surface area (Å²) < 4.78 is 5.44. The average molecular weight is 509 g/mol. The molecule has 6 rings (SSSR count). The zero-order valence-corrected chi connectivity index (χ0v) is 20.6. The summed E-state index contributed by atoms with van der Waals surface area (Å²) in [5, 5.41) is 29.0. The van der Waals surface area contributed by atoms with Gasteiger partial charge in [-0.25, -0.2) is 0 Å². The minimum Gasteiger partial charge on any atom is -0.508 e. The van der Waals surface area contributed by atoms with E-state index in [2.05, 4.69) is 26.5 Å². The highest BCUT2D eigenvalue weighted by Crippen LogP contribution is 2.36. The highest BCUT2D eigenvalue weighted by molar-refractivity contribution is 5.95. The first kappa shape index (κ1) is 24.1. The molecule has 196 valence electrons. The van der Waals surface area contributed by atoms with Crippen LogP contribution in [0.15, 0.2) is 36.4 Å². The van der Waals surface area contributed by atoms with Crippen molar-refractivity contribution in [2.75, 3.05) is 62.3 Å². The number of hydrogen-bond donors (Lipinski definition) is 4. The molecule has 2 saturated heterocycles. The van der Waals surface area contributed by atoms with Crippen molar-refractivity contribution in [1.82, 2.24) is 20.6 Å². The number of nitrogens with zero attached hydrogens (tertiary/aromatic N) is 4. The van der Waals surface area contributed by atoms with Gasteiger partial charge in [-0.2, -0.15) is 14.9 Å². The monoisotopic (exact) mass is 508 g/mol. The number of benzene rings is 2. The number of nitrogens with one attached hydrogen (secondary N) is 2. The fraction of sp³-hybridized carbons (Fsp3) is 0.462. The smallest absolute Gasteiger partial charge is 0.355 e. The van der Waals surface area contributed by atoms with E-state index in [0.717, 1.165) is 53.0 Å². The molecular formula is C26H32N6O5. The lowest BCUT2D eigenvalue weighted by atomic mass is 10.0. The number of aliphatic hydroxyl groups excluding tert-OH is 1. The average Bonchev–Trinajstić information content (AvgIpc) is 2.95. The van der Waals surface area contributed by atoms with Crippen LogP contribution in [-0.2, 0) is 22.6 Å². The molecule has 3 aliphatic rings. The molecule has 0 saturated carbocycles. The lowest BCUT2D eigenvalue weighted by Crippen LogP contribution is -2.54. The van der Waals surface area contributed by atoms with Gasteiger partial charge in [0.25, 0.3) is 0 Å². The molecule has 2 aromatic carbocycles. The molecule has 11 heteroatoms. The molecule has 1 aromatic heterocycles. The third-order valence-corrected chi connectivity index (χ3v) is 7.15. The minimum atomic E-state index is -0.406. The van der Waals surface area contributed by atoms with Crippen molar-refractivity contribution in [2.45, 2.75) is 25.2 Å². The Bertz CT molecular complexity index is 1250. The molecule has 0 amide bonds. The van der Waals surface area contributed by atoms with E-state index in [-0.39, 0.29) is 24.4 Å². The highest BCUT2D eigenvalue weighted by Gasteiger charge is 2.31. The van der Waals surface area contributed by atoms with Gasteiger partial charge in [0, 0.05) is 55.4 Å². The highest BCUT2D eigenvalue weighted by atomic mass is 17.2. The fourth-order valence-electron chi connectivity index (χ4n) is 5.31. The van der Waals surface area contributed by atoms with Crippen LogP contribution in [0.4, 0.5) is 11.5 Å². The number of phenolic OH excluding ortho intramolecular Hbond substituents is 1. The summed E-state index contributed by atoms with van der Waals surface area (Å²) >= 11 is 0. The Balaban J connectivity index is 1.35. The molecule has 4 N–H and O–H groups in total. The number of piperazine rings is 1. The van der Waals surface area contributed by atoms with Crippen molar-refractivity contribution in [3.63, 3.8) is 0 Å². The first-order chi connectivity index (χ1) is 18.2. The van der Waals surface area contributed by atoms with Gasteiger partial charge in [-0.1, -0.05) is 24.3 Å². The molecule has 11 nitrogen and oxygen atoms in total.